The second-order valence-corrected chi connectivity index (χ2v) is 6.03. The Morgan fingerprint density at radius 1 is 1.20 bits per heavy atom. The smallest absolute Gasteiger partial charge is 0.00892 e. The third kappa shape index (κ3) is 1.64. The zero-order valence-corrected chi connectivity index (χ0v) is 10.0. The van der Waals surface area contributed by atoms with E-state index in [9.17, 15) is 0 Å². The Morgan fingerprint density at radius 3 is 3.00 bits per heavy atom. The van der Waals surface area contributed by atoms with Crippen LogP contribution in [0, 0.1) is 0 Å². The predicted molar refractivity (Wildman–Crippen MR) is 65.7 cm³/mol. The maximum absolute atomic E-state index is 3.61. The van der Waals surface area contributed by atoms with E-state index in [2.05, 4.69) is 16.8 Å². The molecule has 1 N–H and O–H groups in total. The van der Waals surface area contributed by atoms with E-state index in [1.165, 1.54) is 51.6 Å². The molecule has 0 radical (unpaired) electrons. The van der Waals surface area contributed by atoms with E-state index in [0.29, 0.717) is 5.41 Å². The average Bonchev–Trinajstić information content (AvgIpc) is 2.69. The lowest BCUT2D eigenvalue weighted by Crippen LogP contribution is -2.43. The second-order valence-electron chi connectivity index (χ2n) is 5.03. The van der Waals surface area contributed by atoms with Crippen LogP contribution in [0.4, 0.5) is 0 Å². The van der Waals surface area contributed by atoms with Gasteiger partial charge in [-0.3, -0.25) is 0 Å². The summed E-state index contributed by atoms with van der Waals surface area (Å²) < 4.78 is 0. The molecule has 3 rings (SSSR count). The molecule has 1 aliphatic heterocycles. The first-order chi connectivity index (χ1) is 7.41. The van der Waals surface area contributed by atoms with E-state index in [1.54, 1.807) is 10.4 Å². The number of rotatable bonds is 0. The van der Waals surface area contributed by atoms with Crippen molar-refractivity contribution in [1.29, 1.82) is 0 Å². The molecule has 1 aromatic rings. The molecular weight excluding hydrogens is 202 g/mol. The molecule has 2 heterocycles. The highest BCUT2D eigenvalue weighted by Crippen LogP contribution is 2.42. The Morgan fingerprint density at radius 2 is 2.13 bits per heavy atom. The molecule has 1 atom stereocenters. The molecule has 1 aromatic heterocycles. The quantitative estimate of drug-likeness (QED) is 0.710. The van der Waals surface area contributed by atoms with Gasteiger partial charge >= 0.3 is 0 Å². The summed E-state index contributed by atoms with van der Waals surface area (Å²) in [5.74, 6) is 0. The van der Waals surface area contributed by atoms with Crippen LogP contribution in [-0.4, -0.2) is 13.1 Å². The standard InChI is InChI=1S/C13H19NS/c1-2-6-13(7-3-8-14-10-13)11-5-9-15-12(11)4-1/h5,9,14H,1-4,6-8,10H2/t13-/m1/s1. The van der Waals surface area contributed by atoms with E-state index >= 15 is 0 Å². The van der Waals surface area contributed by atoms with E-state index in [4.69, 9.17) is 0 Å². The Kier molecular flexibility index (Phi) is 2.57. The highest BCUT2D eigenvalue weighted by Gasteiger charge is 2.36. The van der Waals surface area contributed by atoms with Gasteiger partial charge in [0.25, 0.3) is 0 Å². The topological polar surface area (TPSA) is 12.0 Å². The predicted octanol–water partition coefficient (Wildman–Crippen LogP) is 3.10. The minimum atomic E-state index is 0.504. The van der Waals surface area contributed by atoms with Crippen LogP contribution >= 0.6 is 11.3 Å². The highest BCUT2D eigenvalue weighted by atomic mass is 32.1. The van der Waals surface area contributed by atoms with E-state index < -0.39 is 0 Å². The molecule has 1 fully saturated rings. The fourth-order valence-electron chi connectivity index (χ4n) is 3.30. The number of aryl methyl sites for hydroxylation is 1. The maximum Gasteiger partial charge on any atom is 0.00892 e. The van der Waals surface area contributed by atoms with Gasteiger partial charge in [0.1, 0.15) is 0 Å². The van der Waals surface area contributed by atoms with Crippen molar-refractivity contribution in [3.05, 3.63) is 21.9 Å². The van der Waals surface area contributed by atoms with Crippen molar-refractivity contribution in [2.24, 2.45) is 0 Å². The number of piperidine rings is 1. The van der Waals surface area contributed by atoms with Crippen molar-refractivity contribution in [1.82, 2.24) is 5.32 Å². The molecular formula is C13H19NS. The second kappa shape index (κ2) is 3.91. The number of hydrogen-bond acceptors (Lipinski definition) is 2. The van der Waals surface area contributed by atoms with Gasteiger partial charge in [-0.1, -0.05) is 6.42 Å². The molecule has 15 heavy (non-hydrogen) atoms. The zero-order chi connectivity index (χ0) is 10.1. The van der Waals surface area contributed by atoms with Gasteiger partial charge in [0, 0.05) is 16.8 Å². The molecule has 82 valence electrons. The summed E-state index contributed by atoms with van der Waals surface area (Å²) in [7, 11) is 0. The summed E-state index contributed by atoms with van der Waals surface area (Å²) in [6.07, 6.45) is 8.32. The minimum absolute atomic E-state index is 0.504. The fourth-order valence-corrected chi connectivity index (χ4v) is 4.34. The van der Waals surface area contributed by atoms with Gasteiger partial charge in [0.2, 0.25) is 0 Å². The van der Waals surface area contributed by atoms with Crippen molar-refractivity contribution >= 4 is 11.3 Å². The van der Waals surface area contributed by atoms with Crippen LogP contribution < -0.4 is 5.32 Å². The zero-order valence-electron chi connectivity index (χ0n) is 9.22. The highest BCUT2D eigenvalue weighted by molar-refractivity contribution is 7.10. The summed E-state index contributed by atoms with van der Waals surface area (Å²) in [5.41, 5.74) is 2.20. The lowest BCUT2D eigenvalue weighted by molar-refractivity contribution is 0.290. The molecule has 0 amide bonds. The average molecular weight is 221 g/mol. The first kappa shape index (κ1) is 9.86. The van der Waals surface area contributed by atoms with Gasteiger partial charge in [-0.25, -0.2) is 0 Å². The van der Waals surface area contributed by atoms with Crippen molar-refractivity contribution < 1.29 is 0 Å². The summed E-state index contributed by atoms with van der Waals surface area (Å²) in [6, 6.07) is 2.40. The van der Waals surface area contributed by atoms with Crippen LogP contribution in [0.2, 0.25) is 0 Å². The molecule has 0 bridgehead atoms. The Hall–Kier alpha value is -0.340. The first-order valence-electron chi connectivity index (χ1n) is 6.18. The molecule has 1 aliphatic carbocycles. The summed E-state index contributed by atoms with van der Waals surface area (Å²) in [5, 5.41) is 5.91. The molecule has 0 saturated carbocycles. The summed E-state index contributed by atoms with van der Waals surface area (Å²) in [6.45, 7) is 2.44. The molecule has 0 aromatic carbocycles. The van der Waals surface area contributed by atoms with Gasteiger partial charge in [-0.2, -0.15) is 0 Å². The van der Waals surface area contributed by atoms with Crippen LogP contribution in [0.15, 0.2) is 11.4 Å². The van der Waals surface area contributed by atoms with Gasteiger partial charge in [0.15, 0.2) is 0 Å². The first-order valence-corrected chi connectivity index (χ1v) is 7.06. The third-order valence-electron chi connectivity index (χ3n) is 4.10. The lowest BCUT2D eigenvalue weighted by Gasteiger charge is -2.37. The molecule has 2 aliphatic rings. The largest absolute Gasteiger partial charge is 0.316 e. The van der Waals surface area contributed by atoms with Crippen LogP contribution in [0.3, 0.4) is 0 Å². The van der Waals surface area contributed by atoms with E-state index in [1.807, 2.05) is 11.3 Å². The Bertz CT molecular complexity index is 336. The number of nitrogens with one attached hydrogen (secondary N) is 1. The van der Waals surface area contributed by atoms with E-state index in [0.717, 1.165) is 0 Å². The monoisotopic (exact) mass is 221 g/mol. The van der Waals surface area contributed by atoms with Crippen molar-refractivity contribution in [2.75, 3.05) is 13.1 Å². The summed E-state index contributed by atoms with van der Waals surface area (Å²) >= 11 is 1.98. The third-order valence-corrected chi connectivity index (χ3v) is 5.08. The van der Waals surface area contributed by atoms with Gasteiger partial charge < -0.3 is 5.32 Å². The van der Waals surface area contributed by atoms with Gasteiger partial charge in [-0.05, 0) is 55.7 Å². The molecule has 1 spiro atoms. The van der Waals surface area contributed by atoms with Crippen molar-refractivity contribution in [2.45, 2.75) is 43.9 Å². The van der Waals surface area contributed by atoms with Crippen molar-refractivity contribution in [3.8, 4) is 0 Å². The lowest BCUT2D eigenvalue weighted by atomic mass is 9.72. The minimum Gasteiger partial charge on any atom is -0.316 e. The van der Waals surface area contributed by atoms with Crippen LogP contribution in [0.25, 0.3) is 0 Å². The normalized spacial score (nSPS) is 31.2. The number of fused-ring (bicyclic) bond motifs is 2. The fraction of sp³-hybridized carbons (Fsp3) is 0.692. The van der Waals surface area contributed by atoms with Crippen LogP contribution in [-0.2, 0) is 11.8 Å². The molecule has 1 saturated heterocycles. The Balaban J connectivity index is 2.00. The van der Waals surface area contributed by atoms with Crippen molar-refractivity contribution in [3.63, 3.8) is 0 Å². The molecule has 0 unspecified atom stereocenters. The Labute approximate surface area is 95.9 Å². The maximum atomic E-state index is 3.61. The van der Waals surface area contributed by atoms with Crippen LogP contribution in [0.5, 0.6) is 0 Å². The molecule has 1 nitrogen and oxygen atoms in total. The number of hydrogen-bond donors (Lipinski definition) is 1. The van der Waals surface area contributed by atoms with Gasteiger partial charge in [0.05, 0.1) is 0 Å². The number of thiophene rings is 1. The van der Waals surface area contributed by atoms with E-state index in [-0.39, 0.29) is 0 Å². The SMILES string of the molecule is c1cc2c(s1)CCCC[C@]21CCCNC1. The summed E-state index contributed by atoms with van der Waals surface area (Å²) in [4.78, 5) is 1.68. The molecule has 2 heteroatoms. The van der Waals surface area contributed by atoms with Gasteiger partial charge in [-0.15, -0.1) is 11.3 Å². The van der Waals surface area contributed by atoms with Crippen LogP contribution in [0.1, 0.15) is 42.5 Å².